The van der Waals surface area contributed by atoms with Crippen molar-refractivity contribution in [3.8, 4) is 0 Å². The zero-order valence-corrected chi connectivity index (χ0v) is 10.7. The van der Waals surface area contributed by atoms with Gasteiger partial charge in [0.05, 0.1) is 5.92 Å². The van der Waals surface area contributed by atoms with Gasteiger partial charge in [-0.2, -0.15) is 0 Å². The summed E-state index contributed by atoms with van der Waals surface area (Å²) in [6, 6.07) is 0. The molecule has 0 radical (unpaired) electrons. The van der Waals surface area contributed by atoms with Gasteiger partial charge in [0.15, 0.2) is 11.0 Å². The fourth-order valence-corrected chi connectivity index (χ4v) is 2.08. The lowest BCUT2D eigenvalue weighted by molar-refractivity contribution is -0.120. The number of hydrogen-bond donors (Lipinski definition) is 2. The molecule has 92 valence electrons. The van der Waals surface area contributed by atoms with Crippen LogP contribution >= 0.6 is 23.2 Å². The minimum atomic E-state index is -0.0980. The van der Waals surface area contributed by atoms with Crippen molar-refractivity contribution in [2.75, 3.05) is 18.4 Å². The topological polar surface area (TPSA) is 66.9 Å². The van der Waals surface area contributed by atoms with Crippen molar-refractivity contribution in [1.82, 2.24) is 15.3 Å². The molecule has 0 spiro atoms. The van der Waals surface area contributed by atoms with Gasteiger partial charge in [-0.25, -0.2) is 9.97 Å². The predicted molar refractivity (Wildman–Crippen MR) is 66.2 cm³/mol. The maximum absolute atomic E-state index is 12.0. The first-order valence-electron chi connectivity index (χ1n) is 5.27. The van der Waals surface area contributed by atoms with Crippen LogP contribution in [0.5, 0.6) is 0 Å². The summed E-state index contributed by atoms with van der Waals surface area (Å²) in [5.74, 6) is 0.390. The highest BCUT2D eigenvalue weighted by Crippen LogP contribution is 2.26. The van der Waals surface area contributed by atoms with Crippen molar-refractivity contribution in [3.63, 3.8) is 0 Å². The molecule has 1 aliphatic heterocycles. The van der Waals surface area contributed by atoms with Gasteiger partial charge in [-0.3, -0.25) is 4.79 Å². The zero-order chi connectivity index (χ0) is 12.4. The molecule has 1 fully saturated rings. The number of anilines is 1. The van der Waals surface area contributed by atoms with E-state index in [9.17, 15) is 4.79 Å². The van der Waals surface area contributed by atoms with Crippen LogP contribution in [0.2, 0.25) is 10.2 Å². The molecule has 1 aromatic heterocycles. The molecule has 1 aliphatic rings. The van der Waals surface area contributed by atoms with Crippen LogP contribution in [0.4, 0.5) is 5.82 Å². The van der Waals surface area contributed by atoms with Gasteiger partial charge in [0.25, 0.3) is 0 Å². The van der Waals surface area contributed by atoms with Crippen LogP contribution in [0.1, 0.15) is 6.92 Å². The van der Waals surface area contributed by atoms with Gasteiger partial charge in [0.2, 0.25) is 5.91 Å². The zero-order valence-electron chi connectivity index (χ0n) is 9.20. The number of nitrogens with zero attached hydrogens (tertiary/aromatic N) is 2. The Bertz CT molecular complexity index is 440. The number of carbonyl (C=O) groups is 1. The van der Waals surface area contributed by atoms with Crippen LogP contribution in [0.3, 0.4) is 0 Å². The van der Waals surface area contributed by atoms with E-state index in [4.69, 9.17) is 23.2 Å². The van der Waals surface area contributed by atoms with Crippen LogP contribution in [0.15, 0.2) is 6.33 Å². The Morgan fingerprint density at radius 1 is 1.47 bits per heavy atom. The third-order valence-electron chi connectivity index (χ3n) is 2.84. The molecule has 7 heteroatoms. The molecule has 17 heavy (non-hydrogen) atoms. The first-order valence-corrected chi connectivity index (χ1v) is 6.02. The largest absolute Gasteiger partial charge is 0.316 e. The molecule has 0 aromatic carbocycles. The van der Waals surface area contributed by atoms with Crippen molar-refractivity contribution in [2.45, 2.75) is 6.92 Å². The van der Waals surface area contributed by atoms with E-state index >= 15 is 0 Å². The van der Waals surface area contributed by atoms with E-state index < -0.39 is 0 Å². The standard InChI is InChI=1S/C10H12Cl2N4O/c1-5-2-13-3-6(5)10(17)16-9-7(11)8(12)14-4-15-9/h4-6,13H,2-3H2,1H3,(H,14,15,16,17)/t5-,6-/m1/s1. The fraction of sp³-hybridized carbons (Fsp3) is 0.500. The predicted octanol–water partition coefficient (Wildman–Crippen LogP) is 1.58. The molecule has 2 N–H and O–H groups in total. The summed E-state index contributed by atoms with van der Waals surface area (Å²) >= 11 is 11.6. The SMILES string of the molecule is C[C@@H]1CNC[C@H]1C(=O)Nc1ncnc(Cl)c1Cl. The summed E-state index contributed by atoms with van der Waals surface area (Å²) in [6.45, 7) is 3.54. The molecule has 5 nitrogen and oxygen atoms in total. The van der Waals surface area contributed by atoms with Gasteiger partial charge in [0, 0.05) is 6.54 Å². The molecule has 1 aromatic rings. The van der Waals surface area contributed by atoms with E-state index in [0.29, 0.717) is 12.5 Å². The molecule has 2 atom stereocenters. The summed E-state index contributed by atoms with van der Waals surface area (Å²) in [4.78, 5) is 19.6. The van der Waals surface area contributed by atoms with Gasteiger partial charge in [-0.05, 0) is 12.5 Å². The first-order chi connectivity index (χ1) is 8.09. The van der Waals surface area contributed by atoms with E-state index in [1.54, 1.807) is 0 Å². The van der Waals surface area contributed by atoms with Crippen LogP contribution in [-0.2, 0) is 4.79 Å². The maximum atomic E-state index is 12.0. The summed E-state index contributed by atoms with van der Waals surface area (Å²) in [5, 5.41) is 6.14. The smallest absolute Gasteiger partial charge is 0.230 e. The second-order valence-corrected chi connectivity index (χ2v) is 4.79. The van der Waals surface area contributed by atoms with Crippen molar-refractivity contribution in [1.29, 1.82) is 0 Å². The van der Waals surface area contributed by atoms with Crippen molar-refractivity contribution >= 4 is 34.9 Å². The van der Waals surface area contributed by atoms with Gasteiger partial charge >= 0.3 is 0 Å². The van der Waals surface area contributed by atoms with E-state index in [1.807, 2.05) is 6.92 Å². The number of rotatable bonds is 2. The van der Waals surface area contributed by atoms with E-state index in [0.717, 1.165) is 6.54 Å². The molecule has 0 aliphatic carbocycles. The normalized spacial score (nSPS) is 23.7. The summed E-state index contributed by atoms with van der Waals surface area (Å²) < 4.78 is 0. The molecule has 1 saturated heterocycles. The van der Waals surface area contributed by atoms with Gasteiger partial charge in [-0.1, -0.05) is 30.1 Å². The number of hydrogen-bond acceptors (Lipinski definition) is 4. The third kappa shape index (κ3) is 2.68. The average Bonchev–Trinajstić information content (AvgIpc) is 2.71. The molecule has 0 unspecified atom stereocenters. The minimum Gasteiger partial charge on any atom is -0.316 e. The highest BCUT2D eigenvalue weighted by atomic mass is 35.5. The Kier molecular flexibility index (Phi) is 3.81. The molecule has 2 rings (SSSR count). The van der Waals surface area contributed by atoms with Crippen molar-refractivity contribution < 1.29 is 4.79 Å². The fourth-order valence-electron chi connectivity index (χ4n) is 1.81. The Morgan fingerprint density at radius 2 is 2.24 bits per heavy atom. The number of amides is 1. The Hall–Kier alpha value is -0.910. The summed E-state index contributed by atoms with van der Waals surface area (Å²) in [6.07, 6.45) is 1.26. The Labute approximate surface area is 109 Å². The Balaban J connectivity index is 2.10. The lowest BCUT2D eigenvalue weighted by atomic mass is 9.97. The molecule has 0 saturated carbocycles. The first kappa shape index (κ1) is 12.5. The summed E-state index contributed by atoms with van der Waals surface area (Å²) in [5.41, 5.74) is 0. The molecule has 2 heterocycles. The van der Waals surface area contributed by atoms with E-state index in [-0.39, 0.29) is 27.8 Å². The quantitative estimate of drug-likeness (QED) is 0.804. The van der Waals surface area contributed by atoms with Crippen LogP contribution in [-0.4, -0.2) is 29.0 Å². The highest BCUT2D eigenvalue weighted by molar-refractivity contribution is 6.42. The lowest BCUT2D eigenvalue weighted by Crippen LogP contribution is -2.28. The molecule has 0 bridgehead atoms. The summed E-state index contributed by atoms with van der Waals surface area (Å²) in [7, 11) is 0. The minimum absolute atomic E-state index is 0.0696. The second kappa shape index (κ2) is 5.16. The van der Waals surface area contributed by atoms with Gasteiger partial charge in [0.1, 0.15) is 11.3 Å². The molecular formula is C10H12Cl2N4O. The van der Waals surface area contributed by atoms with E-state index in [1.165, 1.54) is 6.33 Å². The van der Waals surface area contributed by atoms with Crippen LogP contribution in [0.25, 0.3) is 0 Å². The number of halogens is 2. The Morgan fingerprint density at radius 3 is 2.88 bits per heavy atom. The van der Waals surface area contributed by atoms with Crippen molar-refractivity contribution in [2.24, 2.45) is 11.8 Å². The van der Waals surface area contributed by atoms with Crippen LogP contribution < -0.4 is 10.6 Å². The lowest BCUT2D eigenvalue weighted by Gasteiger charge is -2.14. The van der Waals surface area contributed by atoms with Crippen molar-refractivity contribution in [3.05, 3.63) is 16.5 Å². The number of aromatic nitrogens is 2. The van der Waals surface area contributed by atoms with Gasteiger partial charge in [-0.15, -0.1) is 0 Å². The maximum Gasteiger partial charge on any atom is 0.230 e. The van der Waals surface area contributed by atoms with Crippen LogP contribution in [0, 0.1) is 11.8 Å². The monoisotopic (exact) mass is 274 g/mol. The van der Waals surface area contributed by atoms with Gasteiger partial charge < -0.3 is 10.6 Å². The highest BCUT2D eigenvalue weighted by Gasteiger charge is 2.30. The molecular weight excluding hydrogens is 263 g/mol. The number of nitrogens with one attached hydrogen (secondary N) is 2. The number of carbonyl (C=O) groups excluding carboxylic acids is 1. The molecule has 1 amide bonds. The second-order valence-electron chi connectivity index (χ2n) is 4.06. The third-order valence-corrected chi connectivity index (χ3v) is 3.58. The average molecular weight is 275 g/mol. The van der Waals surface area contributed by atoms with E-state index in [2.05, 4.69) is 20.6 Å².